The summed E-state index contributed by atoms with van der Waals surface area (Å²) in [5, 5.41) is 3.63. The monoisotopic (exact) mass is 314 g/mol. The fourth-order valence-corrected chi connectivity index (χ4v) is 2.21. The molecule has 3 aromatic rings. The van der Waals surface area contributed by atoms with Crippen molar-refractivity contribution in [2.45, 2.75) is 6.61 Å². The lowest BCUT2D eigenvalue weighted by Gasteiger charge is -2.09. The number of para-hydroxylation sites is 1. The zero-order valence-corrected chi connectivity index (χ0v) is 11.9. The van der Waals surface area contributed by atoms with Crippen molar-refractivity contribution in [1.29, 1.82) is 0 Å². The molecule has 116 valence electrons. The van der Waals surface area contributed by atoms with E-state index in [1.165, 1.54) is 24.3 Å². The number of rotatable bonds is 4. The summed E-state index contributed by atoms with van der Waals surface area (Å²) in [6.07, 6.45) is 1.63. The average Bonchev–Trinajstić information content (AvgIpc) is 2.55. The number of alkyl halides is 2. The standard InChI is InChI=1S/C17H12F2N2O2/c18-17(19)23-13-7-1-5-12(10-13)16(22)21-14-8-2-4-11-6-3-9-20-15(11)14/h1-10,17H,(H,21,22). The summed E-state index contributed by atoms with van der Waals surface area (Å²) in [7, 11) is 0. The van der Waals surface area contributed by atoms with Crippen LogP contribution in [0.4, 0.5) is 14.5 Å². The highest BCUT2D eigenvalue weighted by molar-refractivity contribution is 6.08. The predicted octanol–water partition coefficient (Wildman–Crippen LogP) is 4.09. The van der Waals surface area contributed by atoms with Crippen molar-refractivity contribution >= 4 is 22.5 Å². The number of fused-ring (bicyclic) bond motifs is 1. The van der Waals surface area contributed by atoms with Crippen LogP contribution in [0.2, 0.25) is 0 Å². The van der Waals surface area contributed by atoms with Crippen LogP contribution in [0.3, 0.4) is 0 Å². The van der Waals surface area contributed by atoms with Crippen LogP contribution in [0.1, 0.15) is 10.4 Å². The minimum atomic E-state index is -2.93. The molecule has 2 aromatic carbocycles. The lowest BCUT2D eigenvalue weighted by atomic mass is 10.1. The number of anilines is 1. The Balaban J connectivity index is 1.86. The van der Waals surface area contributed by atoms with Crippen LogP contribution in [0.25, 0.3) is 10.9 Å². The summed E-state index contributed by atoms with van der Waals surface area (Å²) in [5.41, 5.74) is 1.42. The lowest BCUT2D eigenvalue weighted by Crippen LogP contribution is -2.13. The van der Waals surface area contributed by atoms with E-state index in [2.05, 4.69) is 15.0 Å². The van der Waals surface area contributed by atoms with Crippen molar-refractivity contribution in [3.8, 4) is 5.75 Å². The highest BCUT2D eigenvalue weighted by Crippen LogP contribution is 2.22. The van der Waals surface area contributed by atoms with Crippen molar-refractivity contribution < 1.29 is 18.3 Å². The van der Waals surface area contributed by atoms with Gasteiger partial charge in [-0.15, -0.1) is 0 Å². The van der Waals surface area contributed by atoms with Crippen LogP contribution in [-0.4, -0.2) is 17.5 Å². The Morgan fingerprint density at radius 2 is 1.87 bits per heavy atom. The van der Waals surface area contributed by atoms with E-state index >= 15 is 0 Å². The maximum atomic E-state index is 12.3. The fraction of sp³-hybridized carbons (Fsp3) is 0.0588. The van der Waals surface area contributed by atoms with Crippen molar-refractivity contribution in [2.75, 3.05) is 5.32 Å². The maximum absolute atomic E-state index is 12.3. The summed E-state index contributed by atoms with van der Waals surface area (Å²) in [6.45, 7) is -2.93. The molecule has 0 saturated carbocycles. The minimum Gasteiger partial charge on any atom is -0.435 e. The number of nitrogens with one attached hydrogen (secondary N) is 1. The molecule has 4 nitrogen and oxygen atoms in total. The number of carbonyl (C=O) groups excluding carboxylic acids is 1. The maximum Gasteiger partial charge on any atom is 0.387 e. The molecular weight excluding hydrogens is 302 g/mol. The number of hydrogen-bond acceptors (Lipinski definition) is 3. The van der Waals surface area contributed by atoms with Gasteiger partial charge in [0.05, 0.1) is 11.2 Å². The SMILES string of the molecule is O=C(Nc1cccc2cccnc12)c1cccc(OC(F)F)c1. The third kappa shape index (κ3) is 3.42. The van der Waals surface area contributed by atoms with Crippen LogP contribution in [-0.2, 0) is 0 Å². The van der Waals surface area contributed by atoms with Gasteiger partial charge in [0.2, 0.25) is 0 Å². The molecule has 0 bridgehead atoms. The molecule has 0 fully saturated rings. The Bertz CT molecular complexity index is 847. The summed E-state index contributed by atoms with van der Waals surface area (Å²) < 4.78 is 28.8. The normalized spacial score (nSPS) is 10.7. The second kappa shape index (κ2) is 6.39. The van der Waals surface area contributed by atoms with E-state index < -0.39 is 12.5 Å². The number of nitrogens with zero attached hydrogens (tertiary/aromatic N) is 1. The topological polar surface area (TPSA) is 51.2 Å². The number of aromatic nitrogens is 1. The van der Waals surface area contributed by atoms with Crippen LogP contribution < -0.4 is 10.1 Å². The van der Waals surface area contributed by atoms with Gasteiger partial charge in [-0.3, -0.25) is 9.78 Å². The first-order valence-corrected chi connectivity index (χ1v) is 6.83. The molecule has 3 rings (SSSR count). The Morgan fingerprint density at radius 1 is 1.09 bits per heavy atom. The highest BCUT2D eigenvalue weighted by Gasteiger charge is 2.11. The molecule has 0 aliphatic heterocycles. The molecular formula is C17H12F2N2O2. The molecule has 6 heteroatoms. The molecule has 0 atom stereocenters. The van der Waals surface area contributed by atoms with Gasteiger partial charge in [-0.2, -0.15) is 8.78 Å². The summed E-state index contributed by atoms with van der Waals surface area (Å²) >= 11 is 0. The van der Waals surface area contributed by atoms with E-state index in [0.29, 0.717) is 11.2 Å². The smallest absolute Gasteiger partial charge is 0.387 e. The second-order valence-corrected chi connectivity index (χ2v) is 4.74. The quantitative estimate of drug-likeness (QED) is 0.789. The summed E-state index contributed by atoms with van der Waals surface area (Å²) in [4.78, 5) is 16.6. The Morgan fingerprint density at radius 3 is 2.70 bits per heavy atom. The molecule has 1 N–H and O–H groups in total. The number of carbonyl (C=O) groups is 1. The lowest BCUT2D eigenvalue weighted by molar-refractivity contribution is -0.0498. The highest BCUT2D eigenvalue weighted by atomic mass is 19.3. The number of halogens is 2. The first kappa shape index (κ1) is 14.9. The number of benzene rings is 2. The second-order valence-electron chi connectivity index (χ2n) is 4.74. The van der Waals surface area contributed by atoms with Crippen LogP contribution in [0.15, 0.2) is 60.8 Å². The number of hydrogen-bond donors (Lipinski definition) is 1. The van der Waals surface area contributed by atoms with Gasteiger partial charge in [-0.05, 0) is 30.3 Å². The predicted molar refractivity (Wildman–Crippen MR) is 82.8 cm³/mol. The van der Waals surface area contributed by atoms with E-state index in [1.54, 1.807) is 24.4 Å². The Labute approximate surface area is 130 Å². The van der Waals surface area contributed by atoms with Gasteiger partial charge in [-0.1, -0.05) is 24.3 Å². The molecule has 0 saturated heterocycles. The summed E-state index contributed by atoms with van der Waals surface area (Å²) in [5.74, 6) is -0.494. The average molecular weight is 314 g/mol. The third-order valence-electron chi connectivity index (χ3n) is 3.20. The van der Waals surface area contributed by atoms with Crippen molar-refractivity contribution in [2.24, 2.45) is 0 Å². The number of amides is 1. The van der Waals surface area contributed by atoms with Gasteiger partial charge in [0, 0.05) is 17.1 Å². The van der Waals surface area contributed by atoms with Gasteiger partial charge in [0.1, 0.15) is 5.75 Å². The van der Waals surface area contributed by atoms with Gasteiger partial charge in [0.25, 0.3) is 5.91 Å². The van der Waals surface area contributed by atoms with E-state index in [1.807, 2.05) is 12.1 Å². The van der Waals surface area contributed by atoms with Gasteiger partial charge < -0.3 is 10.1 Å². The molecule has 0 spiro atoms. The molecule has 1 amide bonds. The number of ether oxygens (including phenoxy) is 1. The van der Waals surface area contributed by atoms with Gasteiger partial charge >= 0.3 is 6.61 Å². The Kier molecular flexibility index (Phi) is 4.14. The van der Waals surface area contributed by atoms with Crippen molar-refractivity contribution in [3.63, 3.8) is 0 Å². The largest absolute Gasteiger partial charge is 0.435 e. The van der Waals surface area contributed by atoms with Gasteiger partial charge in [-0.25, -0.2) is 0 Å². The zero-order chi connectivity index (χ0) is 16.2. The fourth-order valence-electron chi connectivity index (χ4n) is 2.21. The van der Waals surface area contributed by atoms with Crippen LogP contribution >= 0.6 is 0 Å². The van der Waals surface area contributed by atoms with Gasteiger partial charge in [0.15, 0.2) is 0 Å². The first-order valence-electron chi connectivity index (χ1n) is 6.83. The molecule has 0 aliphatic rings. The number of pyridine rings is 1. The third-order valence-corrected chi connectivity index (χ3v) is 3.20. The molecule has 23 heavy (non-hydrogen) atoms. The Hall–Kier alpha value is -3.02. The summed E-state index contributed by atoms with van der Waals surface area (Å²) in [6, 6.07) is 14.7. The van der Waals surface area contributed by atoms with Crippen molar-refractivity contribution in [3.05, 3.63) is 66.4 Å². The van der Waals surface area contributed by atoms with Crippen LogP contribution in [0, 0.1) is 0 Å². The van der Waals surface area contributed by atoms with E-state index in [0.717, 1.165) is 5.39 Å². The van der Waals surface area contributed by atoms with E-state index in [4.69, 9.17) is 0 Å². The minimum absolute atomic E-state index is 0.0660. The first-order chi connectivity index (χ1) is 11.1. The molecule has 0 unspecified atom stereocenters. The van der Waals surface area contributed by atoms with E-state index in [-0.39, 0.29) is 11.3 Å². The molecule has 1 aromatic heterocycles. The molecule has 0 aliphatic carbocycles. The molecule has 1 heterocycles. The van der Waals surface area contributed by atoms with E-state index in [9.17, 15) is 13.6 Å². The zero-order valence-electron chi connectivity index (χ0n) is 11.9. The molecule has 0 radical (unpaired) electrons. The van der Waals surface area contributed by atoms with Crippen molar-refractivity contribution in [1.82, 2.24) is 4.98 Å². The van der Waals surface area contributed by atoms with Crippen LogP contribution in [0.5, 0.6) is 5.75 Å².